The number of carbonyl (C=O) groups excluding carboxylic acids is 3. The maximum absolute atomic E-state index is 13.3. The summed E-state index contributed by atoms with van der Waals surface area (Å²) < 4.78 is 16.4. The second-order valence-corrected chi connectivity index (χ2v) is 7.02. The number of amides is 1. The molecule has 2 heterocycles. The van der Waals surface area contributed by atoms with Gasteiger partial charge in [-0.05, 0) is 39.0 Å². The van der Waals surface area contributed by atoms with E-state index in [1.165, 1.54) is 6.92 Å². The zero-order valence-electron chi connectivity index (χ0n) is 15.6. The minimum Gasteiger partial charge on any atom is -0.462 e. The highest BCUT2D eigenvalue weighted by Gasteiger charge is 2.61. The molecule has 1 spiro atoms. The Morgan fingerprint density at radius 3 is 2.39 bits per heavy atom. The number of ether oxygens (including phenoxy) is 3. The predicted octanol–water partition coefficient (Wildman–Crippen LogP) is 2.24. The Balaban J connectivity index is 2.40. The molecule has 0 unspecified atom stereocenters. The molecule has 1 amide bonds. The van der Waals surface area contributed by atoms with E-state index >= 15 is 0 Å². The largest absolute Gasteiger partial charge is 0.462 e. The number of hydrogen-bond donors (Lipinski definition) is 2. The third-order valence-corrected chi connectivity index (χ3v) is 5.04. The van der Waals surface area contributed by atoms with Crippen molar-refractivity contribution in [3.05, 3.63) is 51.0 Å². The van der Waals surface area contributed by atoms with Crippen LogP contribution in [0.4, 0.5) is 5.69 Å². The van der Waals surface area contributed by atoms with Gasteiger partial charge in [-0.25, -0.2) is 9.59 Å². The maximum atomic E-state index is 13.3. The van der Waals surface area contributed by atoms with Crippen LogP contribution in [0.15, 0.2) is 45.5 Å². The van der Waals surface area contributed by atoms with E-state index in [1.807, 2.05) is 0 Å². The van der Waals surface area contributed by atoms with E-state index in [4.69, 9.17) is 19.9 Å². The molecule has 0 radical (unpaired) electrons. The van der Waals surface area contributed by atoms with E-state index in [-0.39, 0.29) is 36.0 Å². The minimum absolute atomic E-state index is 0.0517. The molecule has 0 saturated heterocycles. The van der Waals surface area contributed by atoms with Crippen molar-refractivity contribution in [2.75, 3.05) is 18.5 Å². The van der Waals surface area contributed by atoms with Gasteiger partial charge in [0.1, 0.15) is 22.3 Å². The molecule has 1 aromatic rings. The molecule has 9 heteroatoms. The van der Waals surface area contributed by atoms with E-state index in [2.05, 4.69) is 21.2 Å². The summed E-state index contributed by atoms with van der Waals surface area (Å²) >= 11 is 3.37. The smallest absolute Gasteiger partial charge is 0.341 e. The molecule has 2 aliphatic heterocycles. The Labute approximate surface area is 169 Å². The monoisotopic (exact) mass is 450 g/mol. The van der Waals surface area contributed by atoms with E-state index < -0.39 is 23.3 Å². The molecule has 1 atom stereocenters. The first-order chi connectivity index (χ1) is 13.3. The highest BCUT2D eigenvalue weighted by Crippen LogP contribution is 2.53. The Bertz CT molecular complexity index is 910. The number of anilines is 1. The van der Waals surface area contributed by atoms with Crippen LogP contribution in [0.25, 0.3) is 0 Å². The van der Waals surface area contributed by atoms with Gasteiger partial charge >= 0.3 is 11.9 Å². The Hall–Kier alpha value is -2.81. The van der Waals surface area contributed by atoms with Crippen LogP contribution in [-0.4, -0.2) is 31.1 Å². The summed E-state index contributed by atoms with van der Waals surface area (Å²) in [5.41, 5.74) is 4.64. The molecule has 2 aliphatic rings. The number of esters is 2. The first-order valence-corrected chi connectivity index (χ1v) is 9.43. The SMILES string of the molecule is CCOC(=O)C1=C(C)OC(N)=C(C(=O)OCC)[C@@]12C(=O)Nc1ccc(Br)cc12. The first-order valence-electron chi connectivity index (χ1n) is 8.64. The fourth-order valence-corrected chi connectivity index (χ4v) is 3.93. The summed E-state index contributed by atoms with van der Waals surface area (Å²) in [5.74, 6) is -2.47. The van der Waals surface area contributed by atoms with Gasteiger partial charge in [-0.1, -0.05) is 15.9 Å². The molecule has 0 bridgehead atoms. The Morgan fingerprint density at radius 1 is 1.18 bits per heavy atom. The van der Waals surface area contributed by atoms with E-state index in [9.17, 15) is 14.4 Å². The van der Waals surface area contributed by atoms with Crippen LogP contribution in [0.2, 0.25) is 0 Å². The van der Waals surface area contributed by atoms with Gasteiger partial charge in [0.05, 0.1) is 13.2 Å². The fraction of sp³-hybridized carbons (Fsp3) is 0.316. The molecule has 0 aromatic heterocycles. The first kappa shape index (κ1) is 19.9. The average molecular weight is 451 g/mol. The molecule has 0 aliphatic carbocycles. The normalized spacial score (nSPS) is 20.6. The van der Waals surface area contributed by atoms with Crippen molar-refractivity contribution in [3.8, 4) is 0 Å². The zero-order chi connectivity index (χ0) is 20.6. The van der Waals surface area contributed by atoms with Gasteiger partial charge in [0.25, 0.3) is 0 Å². The van der Waals surface area contributed by atoms with Crippen molar-refractivity contribution in [3.63, 3.8) is 0 Å². The second kappa shape index (κ2) is 7.31. The number of nitrogens with one attached hydrogen (secondary N) is 1. The summed E-state index contributed by atoms with van der Waals surface area (Å²) in [4.78, 5) is 39.0. The van der Waals surface area contributed by atoms with Gasteiger partial charge in [0.2, 0.25) is 11.8 Å². The maximum Gasteiger partial charge on any atom is 0.341 e. The molecule has 28 heavy (non-hydrogen) atoms. The molecular formula is C19H19BrN2O6. The summed E-state index contributed by atoms with van der Waals surface area (Å²) in [6, 6.07) is 5.05. The molecule has 8 nitrogen and oxygen atoms in total. The summed E-state index contributed by atoms with van der Waals surface area (Å²) in [6.45, 7) is 4.88. The van der Waals surface area contributed by atoms with Crippen LogP contribution in [0.3, 0.4) is 0 Å². The number of carbonyl (C=O) groups is 3. The van der Waals surface area contributed by atoms with E-state index in [0.717, 1.165) is 0 Å². The summed E-state index contributed by atoms with van der Waals surface area (Å²) in [7, 11) is 0. The van der Waals surface area contributed by atoms with Crippen molar-refractivity contribution in [1.29, 1.82) is 0 Å². The van der Waals surface area contributed by atoms with Gasteiger partial charge < -0.3 is 25.3 Å². The number of rotatable bonds is 4. The number of halogens is 1. The van der Waals surface area contributed by atoms with Gasteiger partial charge in [-0.3, -0.25) is 4.79 Å². The molecular weight excluding hydrogens is 432 g/mol. The highest BCUT2D eigenvalue weighted by atomic mass is 79.9. The van der Waals surface area contributed by atoms with Gasteiger partial charge in [0.15, 0.2) is 0 Å². The Morgan fingerprint density at radius 2 is 1.79 bits per heavy atom. The highest BCUT2D eigenvalue weighted by molar-refractivity contribution is 9.10. The minimum atomic E-state index is -1.84. The third-order valence-electron chi connectivity index (χ3n) is 4.55. The predicted molar refractivity (Wildman–Crippen MR) is 103 cm³/mol. The Kier molecular flexibility index (Phi) is 5.20. The molecule has 0 fully saturated rings. The topological polar surface area (TPSA) is 117 Å². The lowest BCUT2D eigenvalue weighted by molar-refractivity contribution is -0.143. The molecule has 1 aromatic carbocycles. The van der Waals surface area contributed by atoms with Crippen molar-refractivity contribution in [2.24, 2.45) is 5.73 Å². The lowest BCUT2D eigenvalue weighted by Gasteiger charge is -2.35. The number of hydrogen-bond acceptors (Lipinski definition) is 7. The van der Waals surface area contributed by atoms with Crippen LogP contribution in [-0.2, 0) is 34.0 Å². The molecule has 3 rings (SSSR count). The van der Waals surface area contributed by atoms with Crippen LogP contribution < -0.4 is 11.1 Å². The average Bonchev–Trinajstić information content (AvgIpc) is 2.87. The van der Waals surface area contributed by atoms with Gasteiger partial charge in [-0.15, -0.1) is 0 Å². The quantitative estimate of drug-likeness (QED) is 0.675. The fourth-order valence-electron chi connectivity index (χ4n) is 3.57. The lowest BCUT2D eigenvalue weighted by Crippen LogP contribution is -2.48. The zero-order valence-corrected chi connectivity index (χ0v) is 17.1. The van der Waals surface area contributed by atoms with Crippen molar-refractivity contribution in [1.82, 2.24) is 0 Å². The number of benzene rings is 1. The van der Waals surface area contributed by atoms with Gasteiger partial charge in [-0.2, -0.15) is 0 Å². The number of allylic oxidation sites excluding steroid dienone is 1. The number of fused-ring (bicyclic) bond motifs is 2. The van der Waals surface area contributed by atoms with Crippen LogP contribution in [0, 0.1) is 0 Å². The van der Waals surface area contributed by atoms with Crippen molar-refractivity contribution < 1.29 is 28.6 Å². The van der Waals surface area contributed by atoms with Gasteiger partial charge in [0, 0.05) is 15.7 Å². The van der Waals surface area contributed by atoms with E-state index in [0.29, 0.717) is 15.7 Å². The van der Waals surface area contributed by atoms with Crippen LogP contribution >= 0.6 is 15.9 Å². The van der Waals surface area contributed by atoms with Crippen molar-refractivity contribution >= 4 is 39.5 Å². The lowest BCUT2D eigenvalue weighted by atomic mass is 9.67. The molecule has 0 saturated carbocycles. The standard InChI is InChI=1S/C19H19BrN2O6/c1-4-26-16(23)13-9(3)28-15(21)14(17(24)27-5-2)19(13)11-8-10(20)6-7-12(11)22-18(19)25/h6-8H,4-5,21H2,1-3H3,(H,22,25)/t19-/m0/s1. The van der Waals surface area contributed by atoms with Crippen LogP contribution in [0.1, 0.15) is 26.3 Å². The summed E-state index contributed by atoms with van der Waals surface area (Å²) in [6.07, 6.45) is 0. The number of nitrogens with two attached hydrogens (primary N) is 1. The van der Waals surface area contributed by atoms with E-state index in [1.54, 1.807) is 32.0 Å². The summed E-state index contributed by atoms with van der Waals surface area (Å²) in [5, 5.41) is 2.73. The molecule has 148 valence electrons. The van der Waals surface area contributed by atoms with Crippen LogP contribution in [0.5, 0.6) is 0 Å². The van der Waals surface area contributed by atoms with Crippen molar-refractivity contribution in [2.45, 2.75) is 26.2 Å². The second-order valence-electron chi connectivity index (χ2n) is 6.11. The molecule has 3 N–H and O–H groups in total. The third kappa shape index (κ3) is 2.77.